The molecule has 5 rings (SSSR count). The summed E-state index contributed by atoms with van der Waals surface area (Å²) < 4.78 is 5.75. The summed E-state index contributed by atoms with van der Waals surface area (Å²) in [5, 5.41) is 7.98. The summed E-state index contributed by atoms with van der Waals surface area (Å²) in [5.74, 6) is 0.381. The van der Waals surface area contributed by atoms with Gasteiger partial charge in [0.25, 0.3) is 5.91 Å². The van der Waals surface area contributed by atoms with Crippen molar-refractivity contribution < 1.29 is 14.3 Å². The smallest absolute Gasteiger partial charge is 0.255 e. The number of nitrogens with zero attached hydrogens (tertiary/aromatic N) is 1. The van der Waals surface area contributed by atoms with Gasteiger partial charge in [-0.1, -0.05) is 42.5 Å². The van der Waals surface area contributed by atoms with Crippen molar-refractivity contribution in [2.24, 2.45) is 0 Å². The van der Waals surface area contributed by atoms with Gasteiger partial charge >= 0.3 is 0 Å². The van der Waals surface area contributed by atoms with E-state index in [0.29, 0.717) is 30.9 Å². The third kappa shape index (κ3) is 3.05. The Balaban J connectivity index is 1.43. The van der Waals surface area contributed by atoms with Crippen LogP contribution in [0.1, 0.15) is 23.7 Å². The fourth-order valence-corrected chi connectivity index (χ4v) is 4.52. The SMILES string of the molecule is CCOc1ccc2ccccc2c1C(=O)NC1CC2C(=O)Nc3ccccc3N2C1. The van der Waals surface area contributed by atoms with Gasteiger partial charge < -0.3 is 20.3 Å². The monoisotopic (exact) mass is 401 g/mol. The average Bonchev–Trinajstić information content (AvgIpc) is 3.18. The highest BCUT2D eigenvalue weighted by molar-refractivity contribution is 6.10. The number of benzene rings is 3. The predicted octanol–water partition coefficient (Wildman–Crippen LogP) is 3.57. The number of hydrogen-bond acceptors (Lipinski definition) is 4. The fourth-order valence-electron chi connectivity index (χ4n) is 4.52. The van der Waals surface area contributed by atoms with Crippen molar-refractivity contribution in [2.45, 2.75) is 25.4 Å². The summed E-state index contributed by atoms with van der Waals surface area (Å²) >= 11 is 0. The molecular formula is C24H23N3O3. The van der Waals surface area contributed by atoms with Gasteiger partial charge in [0.15, 0.2) is 0 Å². The van der Waals surface area contributed by atoms with E-state index in [1.165, 1.54) is 0 Å². The molecule has 0 aliphatic carbocycles. The number of carbonyl (C=O) groups excluding carboxylic acids is 2. The third-order valence-corrected chi connectivity index (χ3v) is 5.83. The van der Waals surface area contributed by atoms with Gasteiger partial charge in [-0.15, -0.1) is 0 Å². The zero-order valence-electron chi connectivity index (χ0n) is 16.7. The first kappa shape index (κ1) is 18.5. The summed E-state index contributed by atoms with van der Waals surface area (Å²) in [6, 6.07) is 19.0. The van der Waals surface area contributed by atoms with E-state index in [2.05, 4.69) is 15.5 Å². The Bertz CT molecular complexity index is 1140. The highest BCUT2D eigenvalue weighted by atomic mass is 16.5. The molecule has 0 bridgehead atoms. The van der Waals surface area contributed by atoms with Crippen LogP contribution in [0.5, 0.6) is 5.75 Å². The molecule has 2 N–H and O–H groups in total. The van der Waals surface area contributed by atoms with Crippen molar-refractivity contribution in [1.29, 1.82) is 0 Å². The van der Waals surface area contributed by atoms with Gasteiger partial charge in [0.05, 0.1) is 23.5 Å². The lowest BCUT2D eigenvalue weighted by Gasteiger charge is -2.32. The number of para-hydroxylation sites is 2. The van der Waals surface area contributed by atoms with Gasteiger partial charge in [0.1, 0.15) is 11.8 Å². The van der Waals surface area contributed by atoms with E-state index in [4.69, 9.17) is 4.74 Å². The van der Waals surface area contributed by atoms with Crippen molar-refractivity contribution in [2.75, 3.05) is 23.4 Å². The van der Waals surface area contributed by atoms with Crippen molar-refractivity contribution in [3.63, 3.8) is 0 Å². The minimum absolute atomic E-state index is 0.0226. The number of anilines is 2. The highest BCUT2D eigenvalue weighted by Gasteiger charge is 2.41. The molecule has 2 heterocycles. The van der Waals surface area contributed by atoms with Gasteiger partial charge in [0, 0.05) is 12.6 Å². The summed E-state index contributed by atoms with van der Waals surface area (Å²) in [4.78, 5) is 28.0. The third-order valence-electron chi connectivity index (χ3n) is 5.83. The molecule has 0 aromatic heterocycles. The average molecular weight is 401 g/mol. The maximum atomic E-state index is 13.3. The molecule has 30 heavy (non-hydrogen) atoms. The second kappa shape index (κ2) is 7.37. The van der Waals surface area contributed by atoms with Crippen molar-refractivity contribution >= 4 is 34.0 Å². The summed E-state index contributed by atoms with van der Waals surface area (Å²) in [6.45, 7) is 2.98. The van der Waals surface area contributed by atoms with Crippen molar-refractivity contribution in [3.05, 3.63) is 66.2 Å². The molecule has 0 saturated carbocycles. The standard InChI is InChI=1S/C24H23N3O3/c1-2-30-21-12-11-15-7-3-4-8-17(15)22(21)24(29)25-16-13-20-23(28)26-18-9-5-6-10-19(18)27(20)14-16/h3-12,16,20H,2,13-14H2,1H3,(H,25,29)(H,26,28). The first-order valence-electron chi connectivity index (χ1n) is 10.3. The van der Waals surface area contributed by atoms with Crippen LogP contribution in [0.25, 0.3) is 10.8 Å². The van der Waals surface area contributed by atoms with Crippen LogP contribution in [-0.2, 0) is 4.79 Å². The van der Waals surface area contributed by atoms with E-state index in [0.717, 1.165) is 22.1 Å². The van der Waals surface area contributed by atoms with Crippen LogP contribution in [0, 0.1) is 0 Å². The van der Waals surface area contributed by atoms with Crippen LogP contribution in [0.15, 0.2) is 60.7 Å². The highest BCUT2D eigenvalue weighted by Crippen LogP contribution is 2.37. The Morgan fingerprint density at radius 2 is 1.93 bits per heavy atom. The molecule has 152 valence electrons. The van der Waals surface area contributed by atoms with Crippen LogP contribution >= 0.6 is 0 Å². The number of rotatable bonds is 4. The molecule has 2 amide bonds. The quantitative estimate of drug-likeness (QED) is 0.701. The van der Waals surface area contributed by atoms with E-state index in [1.54, 1.807) is 0 Å². The molecule has 3 aromatic rings. The zero-order valence-corrected chi connectivity index (χ0v) is 16.7. The lowest BCUT2D eigenvalue weighted by Crippen LogP contribution is -2.44. The molecule has 2 atom stereocenters. The van der Waals surface area contributed by atoms with Crippen LogP contribution in [-0.4, -0.2) is 37.0 Å². The minimum atomic E-state index is -0.274. The number of nitrogens with one attached hydrogen (secondary N) is 2. The van der Waals surface area contributed by atoms with E-state index in [-0.39, 0.29) is 23.9 Å². The van der Waals surface area contributed by atoms with Crippen LogP contribution in [0.2, 0.25) is 0 Å². The largest absolute Gasteiger partial charge is 0.493 e. The zero-order chi connectivity index (χ0) is 20.7. The van der Waals surface area contributed by atoms with Gasteiger partial charge in [-0.05, 0) is 42.3 Å². The Labute approximate surface area is 174 Å². The Kier molecular flexibility index (Phi) is 4.54. The lowest BCUT2D eigenvalue weighted by atomic mass is 10.0. The van der Waals surface area contributed by atoms with Gasteiger partial charge in [-0.3, -0.25) is 9.59 Å². The number of hydrogen-bond donors (Lipinski definition) is 2. The molecule has 0 spiro atoms. The second-order valence-electron chi connectivity index (χ2n) is 7.67. The van der Waals surface area contributed by atoms with Crippen molar-refractivity contribution in [3.8, 4) is 5.75 Å². The summed E-state index contributed by atoms with van der Waals surface area (Å²) in [6.07, 6.45) is 0.570. The number of ether oxygens (including phenoxy) is 1. The second-order valence-corrected chi connectivity index (χ2v) is 7.67. The number of amides is 2. The predicted molar refractivity (Wildman–Crippen MR) is 117 cm³/mol. The van der Waals surface area contributed by atoms with E-state index in [9.17, 15) is 9.59 Å². The van der Waals surface area contributed by atoms with Gasteiger partial charge in [-0.2, -0.15) is 0 Å². The molecule has 0 radical (unpaired) electrons. The van der Waals surface area contributed by atoms with Crippen LogP contribution < -0.4 is 20.3 Å². The molecule has 6 heteroatoms. The Morgan fingerprint density at radius 1 is 1.13 bits per heavy atom. The van der Waals surface area contributed by atoms with Gasteiger partial charge in [-0.25, -0.2) is 0 Å². The van der Waals surface area contributed by atoms with Gasteiger partial charge in [0.2, 0.25) is 5.91 Å². The first-order chi connectivity index (χ1) is 14.7. The normalized spacial score (nSPS) is 19.8. The minimum Gasteiger partial charge on any atom is -0.493 e. The van der Waals surface area contributed by atoms with E-state index in [1.807, 2.05) is 67.6 Å². The molecule has 6 nitrogen and oxygen atoms in total. The lowest BCUT2D eigenvalue weighted by molar-refractivity contribution is -0.117. The maximum Gasteiger partial charge on any atom is 0.255 e. The van der Waals surface area contributed by atoms with Crippen molar-refractivity contribution in [1.82, 2.24) is 5.32 Å². The summed E-state index contributed by atoms with van der Waals surface area (Å²) in [5.41, 5.74) is 2.36. The molecule has 3 aromatic carbocycles. The fraction of sp³-hybridized carbons (Fsp3) is 0.250. The number of carbonyl (C=O) groups is 2. The Morgan fingerprint density at radius 3 is 2.80 bits per heavy atom. The van der Waals surface area contributed by atoms with Crippen LogP contribution in [0.4, 0.5) is 11.4 Å². The molecule has 2 aliphatic heterocycles. The van der Waals surface area contributed by atoms with E-state index < -0.39 is 0 Å². The number of fused-ring (bicyclic) bond motifs is 4. The topological polar surface area (TPSA) is 70.7 Å². The van der Waals surface area contributed by atoms with E-state index >= 15 is 0 Å². The first-order valence-corrected chi connectivity index (χ1v) is 10.3. The molecule has 1 saturated heterocycles. The molecule has 1 fully saturated rings. The molecular weight excluding hydrogens is 378 g/mol. The Hall–Kier alpha value is -3.54. The molecule has 2 unspecified atom stereocenters. The van der Waals surface area contributed by atoms with Crippen LogP contribution in [0.3, 0.4) is 0 Å². The molecule has 2 aliphatic rings. The summed E-state index contributed by atoms with van der Waals surface area (Å²) in [7, 11) is 0. The maximum absolute atomic E-state index is 13.3.